The first-order valence-electron chi connectivity index (χ1n) is 11.8. The Morgan fingerprint density at radius 2 is 1.71 bits per heavy atom. The molecule has 35 heavy (non-hydrogen) atoms. The Balaban J connectivity index is 1.56. The van der Waals surface area contributed by atoms with E-state index < -0.39 is 0 Å². The molecular weight excluding hydrogens is 458 g/mol. The Labute approximate surface area is 210 Å². The van der Waals surface area contributed by atoms with Crippen LogP contribution in [0.4, 0.5) is 0 Å². The number of pyridine rings is 1. The van der Waals surface area contributed by atoms with Gasteiger partial charge in [0.2, 0.25) is 5.91 Å². The highest BCUT2D eigenvalue weighted by Gasteiger charge is 2.23. The highest BCUT2D eigenvalue weighted by atomic mass is 35.5. The molecule has 0 saturated carbocycles. The summed E-state index contributed by atoms with van der Waals surface area (Å²) in [6, 6.07) is 21.7. The van der Waals surface area contributed by atoms with Crippen LogP contribution in [-0.4, -0.2) is 51.3 Å². The van der Waals surface area contributed by atoms with E-state index in [-0.39, 0.29) is 5.91 Å². The molecule has 0 atom stereocenters. The zero-order chi connectivity index (χ0) is 24.4. The van der Waals surface area contributed by atoms with Gasteiger partial charge < -0.3 is 9.30 Å². The Morgan fingerprint density at radius 3 is 2.43 bits per heavy atom. The number of nitrogens with zero attached hydrogens (tertiary/aromatic N) is 5. The lowest BCUT2D eigenvalue weighted by atomic mass is 10.0. The van der Waals surface area contributed by atoms with E-state index >= 15 is 0 Å². The van der Waals surface area contributed by atoms with Crippen molar-refractivity contribution in [2.45, 2.75) is 19.9 Å². The van der Waals surface area contributed by atoms with E-state index in [4.69, 9.17) is 16.6 Å². The highest BCUT2D eigenvalue weighted by Crippen LogP contribution is 2.30. The molecule has 0 aliphatic carbocycles. The van der Waals surface area contributed by atoms with Crippen molar-refractivity contribution < 1.29 is 4.79 Å². The van der Waals surface area contributed by atoms with Crippen LogP contribution < -0.4 is 0 Å². The predicted molar refractivity (Wildman–Crippen MR) is 138 cm³/mol. The van der Waals surface area contributed by atoms with E-state index in [9.17, 15) is 10.1 Å². The van der Waals surface area contributed by atoms with E-state index in [1.807, 2.05) is 72.5 Å². The van der Waals surface area contributed by atoms with E-state index in [2.05, 4.69) is 21.6 Å². The van der Waals surface area contributed by atoms with Crippen LogP contribution in [-0.2, 0) is 11.3 Å². The Bertz CT molecular complexity index is 1410. The number of piperazine rings is 1. The number of hydrogen-bond donors (Lipinski definition) is 0. The van der Waals surface area contributed by atoms with Crippen molar-refractivity contribution in [2.24, 2.45) is 0 Å². The second-order valence-corrected chi connectivity index (χ2v) is 9.16. The fourth-order valence-corrected chi connectivity index (χ4v) is 4.79. The minimum atomic E-state index is 0.210. The number of fused-ring (bicyclic) bond motifs is 1. The molecule has 0 radical (unpaired) electrons. The maximum Gasteiger partial charge on any atom is 0.222 e. The minimum Gasteiger partial charge on any atom is -0.340 e. The number of halogens is 1. The zero-order valence-electron chi connectivity index (χ0n) is 19.6. The molecule has 2 aromatic heterocycles. The van der Waals surface area contributed by atoms with Crippen LogP contribution in [0.15, 0.2) is 66.9 Å². The van der Waals surface area contributed by atoms with Gasteiger partial charge >= 0.3 is 0 Å². The van der Waals surface area contributed by atoms with Crippen LogP contribution >= 0.6 is 11.6 Å². The number of imidazole rings is 1. The van der Waals surface area contributed by atoms with Crippen LogP contribution in [0.25, 0.3) is 28.0 Å². The quantitative estimate of drug-likeness (QED) is 0.389. The summed E-state index contributed by atoms with van der Waals surface area (Å²) in [5.41, 5.74) is 6.36. The van der Waals surface area contributed by atoms with Crippen molar-refractivity contribution in [2.75, 3.05) is 26.2 Å². The summed E-state index contributed by atoms with van der Waals surface area (Å²) < 4.78 is 2.14. The third kappa shape index (κ3) is 4.66. The molecule has 3 heterocycles. The number of aromatic nitrogens is 2. The van der Waals surface area contributed by atoms with Gasteiger partial charge in [-0.1, -0.05) is 48.9 Å². The van der Waals surface area contributed by atoms with Gasteiger partial charge in [-0.25, -0.2) is 4.98 Å². The molecule has 7 heteroatoms. The number of benzene rings is 2. The molecule has 176 valence electrons. The van der Waals surface area contributed by atoms with Gasteiger partial charge in [-0.2, -0.15) is 5.26 Å². The van der Waals surface area contributed by atoms with E-state index in [1.165, 1.54) is 0 Å². The van der Waals surface area contributed by atoms with Crippen molar-refractivity contribution in [1.82, 2.24) is 19.2 Å². The lowest BCUT2D eigenvalue weighted by Crippen LogP contribution is -2.48. The summed E-state index contributed by atoms with van der Waals surface area (Å²) in [5, 5.41) is 10.3. The van der Waals surface area contributed by atoms with E-state index in [0.29, 0.717) is 23.6 Å². The van der Waals surface area contributed by atoms with Gasteiger partial charge in [0.25, 0.3) is 0 Å². The summed E-state index contributed by atoms with van der Waals surface area (Å²) in [6.07, 6.45) is 2.62. The topological polar surface area (TPSA) is 64.6 Å². The predicted octanol–water partition coefficient (Wildman–Crippen LogP) is 5.25. The molecule has 0 bridgehead atoms. The monoisotopic (exact) mass is 483 g/mol. The molecule has 2 aromatic carbocycles. The maximum absolute atomic E-state index is 12.1. The second-order valence-electron chi connectivity index (χ2n) is 8.73. The Kier molecular flexibility index (Phi) is 6.54. The molecule has 1 saturated heterocycles. The van der Waals surface area contributed by atoms with Crippen LogP contribution in [0, 0.1) is 11.3 Å². The molecule has 0 spiro atoms. The molecule has 0 N–H and O–H groups in total. The molecule has 1 amide bonds. The Morgan fingerprint density at radius 1 is 1.00 bits per heavy atom. The number of carbonyl (C=O) groups is 1. The molecular formula is C28H26ClN5O. The largest absolute Gasteiger partial charge is 0.340 e. The van der Waals surface area contributed by atoms with Gasteiger partial charge in [-0.3, -0.25) is 9.69 Å². The van der Waals surface area contributed by atoms with Crippen molar-refractivity contribution in [1.29, 1.82) is 5.26 Å². The van der Waals surface area contributed by atoms with Gasteiger partial charge in [-0.15, -0.1) is 0 Å². The summed E-state index contributed by atoms with van der Waals surface area (Å²) in [4.78, 5) is 21.4. The Hall–Kier alpha value is -3.66. The fourth-order valence-electron chi connectivity index (χ4n) is 4.67. The SMILES string of the molecule is CCC(=O)N1CCN(Cc2c(-c3ccc(Cl)cc3)nc3ccc(-c4ccccc4C#N)cn23)CC1. The van der Waals surface area contributed by atoms with Crippen molar-refractivity contribution in [3.8, 4) is 28.5 Å². The first-order chi connectivity index (χ1) is 17.1. The summed E-state index contributed by atoms with van der Waals surface area (Å²) in [6.45, 7) is 5.72. The van der Waals surface area contributed by atoms with Crippen LogP contribution in [0.2, 0.25) is 5.02 Å². The van der Waals surface area contributed by atoms with Gasteiger partial charge in [0, 0.05) is 61.5 Å². The first kappa shape index (κ1) is 23.1. The van der Waals surface area contributed by atoms with Gasteiger partial charge in [0.1, 0.15) is 5.65 Å². The number of hydrogen-bond acceptors (Lipinski definition) is 4. The second kappa shape index (κ2) is 9.91. The standard InChI is InChI=1S/C28H26ClN5O/c1-2-27(35)33-15-13-32(14-16-33)19-25-28(20-7-10-23(29)11-8-20)31-26-12-9-22(18-34(25)26)24-6-4-3-5-21(24)17-30/h3-12,18H,2,13-16,19H2,1H3. The smallest absolute Gasteiger partial charge is 0.222 e. The molecule has 0 unspecified atom stereocenters. The van der Waals surface area contributed by atoms with Crippen LogP contribution in [0.3, 0.4) is 0 Å². The zero-order valence-corrected chi connectivity index (χ0v) is 20.4. The lowest BCUT2D eigenvalue weighted by molar-refractivity contribution is -0.132. The third-order valence-electron chi connectivity index (χ3n) is 6.59. The molecule has 6 nitrogen and oxygen atoms in total. The minimum absolute atomic E-state index is 0.210. The third-order valence-corrected chi connectivity index (χ3v) is 6.85. The molecule has 1 aliphatic rings. The van der Waals surface area contributed by atoms with Crippen LogP contribution in [0.5, 0.6) is 0 Å². The van der Waals surface area contributed by atoms with Gasteiger partial charge in [0.05, 0.1) is 23.0 Å². The van der Waals surface area contributed by atoms with Crippen LogP contribution in [0.1, 0.15) is 24.6 Å². The summed E-state index contributed by atoms with van der Waals surface area (Å²) in [7, 11) is 0. The van der Waals surface area contributed by atoms with Gasteiger partial charge in [0.15, 0.2) is 0 Å². The van der Waals surface area contributed by atoms with Crippen molar-refractivity contribution >= 4 is 23.2 Å². The average Bonchev–Trinajstić information content (AvgIpc) is 3.26. The number of amides is 1. The first-order valence-corrected chi connectivity index (χ1v) is 12.2. The molecule has 1 fully saturated rings. The van der Waals surface area contributed by atoms with E-state index in [1.54, 1.807) is 0 Å². The maximum atomic E-state index is 12.1. The van der Waals surface area contributed by atoms with E-state index in [0.717, 1.165) is 59.9 Å². The summed E-state index contributed by atoms with van der Waals surface area (Å²) >= 11 is 6.15. The summed E-state index contributed by atoms with van der Waals surface area (Å²) in [5.74, 6) is 0.210. The molecule has 1 aliphatic heterocycles. The van der Waals surface area contributed by atoms with Crippen molar-refractivity contribution in [3.63, 3.8) is 0 Å². The molecule has 4 aromatic rings. The normalized spacial score (nSPS) is 14.3. The van der Waals surface area contributed by atoms with Crippen molar-refractivity contribution in [3.05, 3.63) is 83.1 Å². The molecule has 5 rings (SSSR count). The number of rotatable bonds is 5. The number of carbonyl (C=O) groups excluding carboxylic acids is 1. The average molecular weight is 484 g/mol. The fraction of sp³-hybridized carbons (Fsp3) is 0.250. The van der Waals surface area contributed by atoms with Gasteiger partial charge in [-0.05, 0) is 35.9 Å². The number of nitriles is 1. The highest BCUT2D eigenvalue weighted by molar-refractivity contribution is 6.30. The lowest BCUT2D eigenvalue weighted by Gasteiger charge is -2.34.